The molecule has 1 aromatic rings. The number of guanidine groups is 1. The molecule has 1 aromatic carbocycles. The number of aromatic hydroxyl groups is 1. The Morgan fingerprint density at radius 2 is 2.06 bits per heavy atom. The van der Waals surface area contributed by atoms with Crippen molar-refractivity contribution in [2.24, 2.45) is 28.5 Å². The first-order valence-corrected chi connectivity index (χ1v) is 12.0. The summed E-state index contributed by atoms with van der Waals surface area (Å²) >= 11 is 0. The van der Waals surface area contributed by atoms with E-state index in [1.165, 1.54) is 20.1 Å². The smallest absolute Gasteiger partial charge is 0.302 e. The van der Waals surface area contributed by atoms with Crippen LogP contribution in [0.1, 0.15) is 57.1 Å². The van der Waals surface area contributed by atoms with Gasteiger partial charge in [0.1, 0.15) is 6.10 Å². The minimum absolute atomic E-state index is 0.0372. The van der Waals surface area contributed by atoms with Crippen LogP contribution in [-0.4, -0.2) is 60.2 Å². The van der Waals surface area contributed by atoms with Crippen LogP contribution >= 0.6 is 0 Å². The number of aliphatic imine (C=N–C) groups is 1. The molecule has 192 valence electrons. The van der Waals surface area contributed by atoms with Crippen LogP contribution in [0, 0.1) is 17.8 Å². The molecule has 0 aliphatic heterocycles. The van der Waals surface area contributed by atoms with Gasteiger partial charge in [-0.15, -0.1) is 0 Å². The molecule has 6 N–H and O–H groups in total. The molecule has 1 fully saturated rings. The number of nitrogens with zero attached hydrogens (tertiary/aromatic N) is 1. The van der Waals surface area contributed by atoms with E-state index in [9.17, 15) is 20.1 Å². The first-order valence-electron chi connectivity index (χ1n) is 12.0. The lowest BCUT2D eigenvalue weighted by Gasteiger charge is -2.37. The molecule has 1 aliphatic rings. The van der Waals surface area contributed by atoms with Crippen LogP contribution in [0.2, 0.25) is 0 Å². The zero-order valence-corrected chi connectivity index (χ0v) is 20.8. The SMILES string of the molecule is CN=C(N)NCC1CC(C(O)CC(CCc2cc(OC)c(O)cc2CO)OC(C)=O)CCC1C. The van der Waals surface area contributed by atoms with Crippen molar-refractivity contribution in [3.05, 3.63) is 23.3 Å². The number of carbonyl (C=O) groups excluding carboxylic acids is 1. The monoisotopic (exact) mass is 479 g/mol. The second-order valence-corrected chi connectivity index (χ2v) is 9.32. The number of methoxy groups -OCH3 is 1. The molecule has 0 heterocycles. The van der Waals surface area contributed by atoms with Crippen LogP contribution in [0.5, 0.6) is 11.5 Å². The van der Waals surface area contributed by atoms with E-state index in [4.69, 9.17) is 15.2 Å². The Morgan fingerprint density at radius 3 is 2.68 bits per heavy atom. The highest BCUT2D eigenvalue weighted by Crippen LogP contribution is 2.37. The van der Waals surface area contributed by atoms with Crippen LogP contribution in [0.25, 0.3) is 0 Å². The lowest BCUT2D eigenvalue weighted by Crippen LogP contribution is -2.41. The third-order valence-corrected chi connectivity index (χ3v) is 6.98. The van der Waals surface area contributed by atoms with Crippen molar-refractivity contribution >= 4 is 11.9 Å². The van der Waals surface area contributed by atoms with Crippen molar-refractivity contribution in [3.63, 3.8) is 0 Å². The number of hydrogen-bond acceptors (Lipinski definition) is 7. The lowest BCUT2D eigenvalue weighted by molar-refractivity contribution is -0.148. The van der Waals surface area contributed by atoms with Gasteiger partial charge in [0.15, 0.2) is 17.5 Å². The van der Waals surface area contributed by atoms with Crippen LogP contribution < -0.4 is 15.8 Å². The quantitative estimate of drug-likeness (QED) is 0.184. The number of phenols is 1. The Hall–Kier alpha value is -2.52. The van der Waals surface area contributed by atoms with E-state index in [0.717, 1.165) is 24.8 Å². The molecule has 0 aromatic heterocycles. The largest absolute Gasteiger partial charge is 0.504 e. The molecule has 2 rings (SSSR count). The molecular weight excluding hydrogens is 438 g/mol. The number of ether oxygens (including phenoxy) is 2. The molecule has 1 saturated carbocycles. The number of nitrogens with two attached hydrogens (primary N) is 1. The summed E-state index contributed by atoms with van der Waals surface area (Å²) in [4.78, 5) is 15.7. The Bertz CT molecular complexity index is 831. The number of aliphatic hydroxyl groups excluding tert-OH is 2. The van der Waals surface area contributed by atoms with Crippen molar-refractivity contribution < 1.29 is 29.6 Å². The molecule has 0 radical (unpaired) electrons. The average Bonchev–Trinajstić information content (AvgIpc) is 2.81. The molecule has 1 aliphatic carbocycles. The molecule has 5 atom stereocenters. The number of benzene rings is 1. The zero-order valence-electron chi connectivity index (χ0n) is 20.8. The molecule has 9 heteroatoms. The van der Waals surface area contributed by atoms with Crippen molar-refractivity contribution in [1.29, 1.82) is 0 Å². The Kier molecular flexibility index (Phi) is 10.9. The first-order chi connectivity index (χ1) is 16.2. The molecule has 0 saturated heterocycles. The van der Waals surface area contributed by atoms with E-state index in [1.54, 1.807) is 13.1 Å². The van der Waals surface area contributed by atoms with Gasteiger partial charge < -0.3 is 35.8 Å². The van der Waals surface area contributed by atoms with E-state index in [-0.39, 0.29) is 18.3 Å². The van der Waals surface area contributed by atoms with Gasteiger partial charge in [0.2, 0.25) is 0 Å². The van der Waals surface area contributed by atoms with Crippen molar-refractivity contribution in [2.75, 3.05) is 20.7 Å². The van der Waals surface area contributed by atoms with Crippen molar-refractivity contribution in [3.8, 4) is 11.5 Å². The maximum Gasteiger partial charge on any atom is 0.302 e. The van der Waals surface area contributed by atoms with Crippen LogP contribution in [0.4, 0.5) is 0 Å². The Labute approximate surface area is 202 Å². The maximum absolute atomic E-state index is 11.7. The number of aryl methyl sites for hydroxylation is 1. The zero-order chi connectivity index (χ0) is 25.3. The highest BCUT2D eigenvalue weighted by Gasteiger charge is 2.33. The standard InChI is InChI=1S/C25H41N3O6/c1-15-5-6-18(9-19(15)13-28-25(26)27-3)22(31)12-21(34-16(2)30)8-7-17-11-24(33-4)23(32)10-20(17)14-29/h10-11,15,18-19,21-22,29,31-32H,5-9,12-14H2,1-4H3,(H3,26,27,28). The van der Waals surface area contributed by atoms with Crippen LogP contribution in [0.15, 0.2) is 17.1 Å². The minimum atomic E-state index is -0.594. The normalized spacial score (nSPS) is 22.6. The molecule has 0 bridgehead atoms. The molecule has 0 spiro atoms. The van der Waals surface area contributed by atoms with Crippen LogP contribution in [-0.2, 0) is 22.6 Å². The van der Waals surface area contributed by atoms with Gasteiger partial charge in [-0.1, -0.05) is 13.3 Å². The number of rotatable bonds is 11. The number of carbonyl (C=O) groups is 1. The number of nitrogens with one attached hydrogen (secondary N) is 1. The number of esters is 1. The summed E-state index contributed by atoms with van der Waals surface area (Å²) in [7, 11) is 3.11. The van der Waals surface area contributed by atoms with Gasteiger partial charge in [-0.2, -0.15) is 0 Å². The van der Waals surface area contributed by atoms with Crippen molar-refractivity contribution in [1.82, 2.24) is 5.32 Å². The van der Waals surface area contributed by atoms with Gasteiger partial charge in [0.05, 0.1) is 19.8 Å². The van der Waals surface area contributed by atoms with E-state index in [1.807, 2.05) is 0 Å². The van der Waals surface area contributed by atoms with E-state index in [2.05, 4.69) is 17.2 Å². The highest BCUT2D eigenvalue weighted by atomic mass is 16.5. The van der Waals surface area contributed by atoms with Gasteiger partial charge in [-0.05, 0) is 66.7 Å². The van der Waals surface area contributed by atoms with Gasteiger partial charge in [0.25, 0.3) is 0 Å². The Morgan fingerprint density at radius 1 is 1.32 bits per heavy atom. The maximum atomic E-state index is 11.7. The fraction of sp³-hybridized carbons (Fsp3) is 0.680. The van der Waals surface area contributed by atoms with Crippen molar-refractivity contribution in [2.45, 2.75) is 71.2 Å². The van der Waals surface area contributed by atoms with E-state index in [0.29, 0.717) is 54.9 Å². The lowest BCUT2D eigenvalue weighted by atomic mass is 9.72. The summed E-state index contributed by atoms with van der Waals surface area (Å²) in [5.41, 5.74) is 7.17. The molecular formula is C25H41N3O6. The molecule has 0 amide bonds. The van der Waals surface area contributed by atoms with Gasteiger partial charge in [-0.25, -0.2) is 0 Å². The molecule has 34 heavy (non-hydrogen) atoms. The summed E-state index contributed by atoms with van der Waals surface area (Å²) in [6.45, 7) is 4.08. The predicted molar refractivity (Wildman–Crippen MR) is 131 cm³/mol. The van der Waals surface area contributed by atoms with Crippen LogP contribution in [0.3, 0.4) is 0 Å². The summed E-state index contributed by atoms with van der Waals surface area (Å²) < 4.78 is 10.7. The third kappa shape index (κ3) is 8.06. The van der Waals surface area contributed by atoms with Gasteiger partial charge >= 0.3 is 5.97 Å². The molecule has 5 unspecified atom stereocenters. The molecule has 9 nitrogen and oxygen atoms in total. The fourth-order valence-electron chi connectivity index (χ4n) is 4.84. The second-order valence-electron chi connectivity index (χ2n) is 9.32. The number of phenolic OH excluding ortho intramolecular Hbond substituents is 1. The van der Waals surface area contributed by atoms with Gasteiger partial charge in [0, 0.05) is 26.9 Å². The summed E-state index contributed by atoms with van der Waals surface area (Å²) in [5.74, 6) is 1.31. The number of aliphatic hydroxyl groups is 2. The van der Waals surface area contributed by atoms with E-state index >= 15 is 0 Å². The summed E-state index contributed by atoms with van der Waals surface area (Å²) in [6, 6.07) is 3.17. The average molecular weight is 480 g/mol. The minimum Gasteiger partial charge on any atom is -0.504 e. The number of hydrogen-bond donors (Lipinski definition) is 5. The summed E-state index contributed by atoms with van der Waals surface area (Å²) in [5, 5.41) is 33.8. The first kappa shape index (κ1) is 27.7. The highest BCUT2D eigenvalue weighted by molar-refractivity contribution is 5.77. The second kappa shape index (κ2) is 13.4. The van der Waals surface area contributed by atoms with Gasteiger partial charge in [-0.3, -0.25) is 9.79 Å². The summed E-state index contributed by atoms with van der Waals surface area (Å²) in [6.07, 6.45) is 3.08. The predicted octanol–water partition coefficient (Wildman–Crippen LogP) is 2.09. The topological polar surface area (TPSA) is 147 Å². The third-order valence-electron chi connectivity index (χ3n) is 6.98. The fourth-order valence-corrected chi connectivity index (χ4v) is 4.84. The Balaban J connectivity index is 2.03. The van der Waals surface area contributed by atoms with E-state index < -0.39 is 18.2 Å².